The summed E-state index contributed by atoms with van der Waals surface area (Å²) in [5.74, 6) is -1.14. The molecule has 2 amide bonds. The molecule has 0 unspecified atom stereocenters. The molecule has 1 fully saturated rings. The van der Waals surface area contributed by atoms with Crippen LogP contribution in [0.3, 0.4) is 0 Å². The second-order valence-electron chi connectivity index (χ2n) is 8.29. The van der Waals surface area contributed by atoms with Crippen molar-refractivity contribution in [3.05, 3.63) is 0 Å². The van der Waals surface area contributed by atoms with Crippen LogP contribution in [0.4, 0.5) is 4.79 Å². The van der Waals surface area contributed by atoms with Crippen LogP contribution in [-0.2, 0) is 4.79 Å². The molecule has 3 N–H and O–H groups in total. The van der Waals surface area contributed by atoms with Crippen LogP contribution in [0.5, 0.6) is 0 Å². The third-order valence-corrected chi connectivity index (χ3v) is 4.11. The zero-order valence-corrected chi connectivity index (χ0v) is 14.1. The Balaban J connectivity index is 2.64. The van der Waals surface area contributed by atoms with E-state index in [9.17, 15) is 9.59 Å². The summed E-state index contributed by atoms with van der Waals surface area (Å²) in [6.07, 6.45) is 2.97. The largest absolute Gasteiger partial charge is 0.480 e. The van der Waals surface area contributed by atoms with E-state index < -0.39 is 12.0 Å². The minimum atomic E-state index is -0.996. The van der Waals surface area contributed by atoms with Crippen LogP contribution in [0.1, 0.15) is 60.8 Å². The summed E-state index contributed by atoms with van der Waals surface area (Å²) in [5.41, 5.74) is 0.369. The van der Waals surface area contributed by atoms with E-state index in [0.29, 0.717) is 0 Å². The van der Waals surface area contributed by atoms with Crippen LogP contribution in [0, 0.1) is 16.7 Å². The Morgan fingerprint density at radius 3 is 1.95 bits per heavy atom. The number of rotatable bonds is 4. The molecular formula is C16H30N2O3. The number of carboxylic acid groups (broad SMARTS) is 1. The highest BCUT2D eigenvalue weighted by Gasteiger charge is 2.39. The van der Waals surface area contributed by atoms with E-state index in [4.69, 9.17) is 5.11 Å². The summed E-state index contributed by atoms with van der Waals surface area (Å²) >= 11 is 0. The molecule has 1 aliphatic rings. The summed E-state index contributed by atoms with van der Waals surface area (Å²) in [4.78, 5) is 23.2. The van der Waals surface area contributed by atoms with Gasteiger partial charge in [0.25, 0.3) is 0 Å². The number of carbonyl (C=O) groups is 2. The number of nitrogens with one attached hydrogen (secondary N) is 2. The molecule has 1 atom stereocenters. The first-order chi connectivity index (χ1) is 9.42. The standard InChI is InChI=1S/C16H30N2O3/c1-10(2)12(13(19)20)18-14(21)17-11-7-15(3,4)9-16(5,6)8-11/h10-12H,7-9H2,1-6H3,(H,19,20)(H2,17,18,21)/t12-/m1/s1. The number of urea groups is 1. The van der Waals surface area contributed by atoms with Gasteiger partial charge in [-0.2, -0.15) is 0 Å². The van der Waals surface area contributed by atoms with Gasteiger partial charge in [0.15, 0.2) is 0 Å². The van der Waals surface area contributed by atoms with Crippen molar-refractivity contribution in [2.24, 2.45) is 16.7 Å². The Morgan fingerprint density at radius 2 is 1.57 bits per heavy atom. The summed E-state index contributed by atoms with van der Waals surface area (Å²) < 4.78 is 0. The lowest BCUT2D eigenvalue weighted by Gasteiger charge is -2.45. The predicted octanol–water partition coefficient (Wildman–Crippen LogP) is 3.00. The van der Waals surface area contributed by atoms with Crippen molar-refractivity contribution < 1.29 is 14.7 Å². The summed E-state index contributed by atoms with van der Waals surface area (Å²) in [5, 5.41) is 14.6. The average molecular weight is 298 g/mol. The summed E-state index contributed by atoms with van der Waals surface area (Å²) in [6, 6.07) is -1.14. The van der Waals surface area contributed by atoms with Crippen LogP contribution in [0.2, 0.25) is 0 Å². The van der Waals surface area contributed by atoms with E-state index in [-0.39, 0.29) is 28.8 Å². The molecule has 0 aromatic carbocycles. The lowest BCUT2D eigenvalue weighted by molar-refractivity contribution is -0.140. The maximum absolute atomic E-state index is 12.1. The molecule has 21 heavy (non-hydrogen) atoms. The van der Waals surface area contributed by atoms with Gasteiger partial charge >= 0.3 is 12.0 Å². The maximum Gasteiger partial charge on any atom is 0.326 e. The third-order valence-electron chi connectivity index (χ3n) is 4.11. The van der Waals surface area contributed by atoms with Crippen molar-refractivity contribution in [2.75, 3.05) is 0 Å². The molecule has 5 nitrogen and oxygen atoms in total. The predicted molar refractivity (Wildman–Crippen MR) is 83.1 cm³/mol. The van der Waals surface area contributed by atoms with Gasteiger partial charge in [0.05, 0.1) is 0 Å². The molecule has 1 saturated carbocycles. The maximum atomic E-state index is 12.1. The first kappa shape index (κ1) is 17.8. The fourth-order valence-corrected chi connectivity index (χ4v) is 3.83. The van der Waals surface area contributed by atoms with Crippen molar-refractivity contribution in [2.45, 2.75) is 72.9 Å². The highest BCUT2D eigenvalue weighted by atomic mass is 16.4. The van der Waals surface area contributed by atoms with Crippen LogP contribution in [0.25, 0.3) is 0 Å². The van der Waals surface area contributed by atoms with Gasteiger partial charge in [-0.15, -0.1) is 0 Å². The Bertz CT molecular complexity index is 386. The molecule has 122 valence electrons. The number of amides is 2. The van der Waals surface area contributed by atoms with Gasteiger partial charge in [0, 0.05) is 6.04 Å². The average Bonchev–Trinajstić information content (AvgIpc) is 2.19. The number of hydrogen-bond donors (Lipinski definition) is 3. The number of carbonyl (C=O) groups excluding carboxylic acids is 1. The molecule has 0 bridgehead atoms. The molecule has 0 spiro atoms. The Labute approximate surface area is 127 Å². The number of carboxylic acids is 1. The van der Waals surface area contributed by atoms with Gasteiger partial charge in [0.1, 0.15) is 6.04 Å². The molecule has 0 aromatic heterocycles. The molecule has 5 heteroatoms. The summed E-state index contributed by atoms with van der Waals surface area (Å²) in [6.45, 7) is 12.4. The smallest absolute Gasteiger partial charge is 0.326 e. The van der Waals surface area contributed by atoms with Crippen molar-refractivity contribution in [1.29, 1.82) is 0 Å². The van der Waals surface area contributed by atoms with Crippen molar-refractivity contribution >= 4 is 12.0 Å². The Hall–Kier alpha value is -1.26. The first-order valence-electron chi connectivity index (χ1n) is 7.72. The minimum Gasteiger partial charge on any atom is -0.480 e. The second kappa shape index (κ2) is 6.24. The van der Waals surface area contributed by atoms with E-state index in [1.165, 1.54) is 0 Å². The monoisotopic (exact) mass is 298 g/mol. The zero-order valence-electron chi connectivity index (χ0n) is 14.1. The number of aliphatic carboxylic acids is 1. The Kier molecular flexibility index (Phi) is 5.29. The van der Waals surface area contributed by atoms with Gasteiger partial charge in [0.2, 0.25) is 0 Å². The van der Waals surface area contributed by atoms with Crippen LogP contribution < -0.4 is 10.6 Å². The van der Waals surface area contributed by atoms with Gasteiger partial charge in [-0.25, -0.2) is 9.59 Å². The number of hydrogen-bond acceptors (Lipinski definition) is 2. The van der Waals surface area contributed by atoms with Gasteiger partial charge in [-0.05, 0) is 36.0 Å². The topological polar surface area (TPSA) is 78.4 Å². The SMILES string of the molecule is CC(C)[C@@H](NC(=O)NC1CC(C)(C)CC(C)(C)C1)C(=O)O. The van der Waals surface area contributed by atoms with Crippen LogP contribution >= 0.6 is 0 Å². The van der Waals surface area contributed by atoms with Crippen molar-refractivity contribution in [3.8, 4) is 0 Å². The van der Waals surface area contributed by atoms with Crippen LogP contribution in [-0.4, -0.2) is 29.2 Å². The Morgan fingerprint density at radius 1 is 1.10 bits per heavy atom. The van der Waals surface area contributed by atoms with Crippen molar-refractivity contribution in [3.63, 3.8) is 0 Å². The molecule has 0 aromatic rings. The van der Waals surface area contributed by atoms with E-state index in [0.717, 1.165) is 19.3 Å². The highest BCUT2D eigenvalue weighted by Crippen LogP contribution is 2.45. The van der Waals surface area contributed by atoms with E-state index in [2.05, 4.69) is 38.3 Å². The second-order valence-corrected chi connectivity index (χ2v) is 8.29. The fraction of sp³-hybridized carbons (Fsp3) is 0.875. The van der Waals surface area contributed by atoms with Gasteiger partial charge in [-0.3, -0.25) is 0 Å². The minimum absolute atomic E-state index is 0.0883. The van der Waals surface area contributed by atoms with Gasteiger partial charge < -0.3 is 15.7 Å². The molecule has 1 rings (SSSR count). The molecule has 0 radical (unpaired) electrons. The normalized spacial score (nSPS) is 22.6. The summed E-state index contributed by atoms with van der Waals surface area (Å²) in [7, 11) is 0. The zero-order chi connectivity index (χ0) is 16.4. The lowest BCUT2D eigenvalue weighted by atomic mass is 9.63. The van der Waals surface area contributed by atoms with Crippen molar-refractivity contribution in [1.82, 2.24) is 10.6 Å². The molecular weight excluding hydrogens is 268 g/mol. The third kappa shape index (κ3) is 5.56. The molecule has 1 aliphatic carbocycles. The quantitative estimate of drug-likeness (QED) is 0.746. The van der Waals surface area contributed by atoms with E-state index >= 15 is 0 Å². The van der Waals surface area contributed by atoms with E-state index in [1.54, 1.807) is 13.8 Å². The fourth-order valence-electron chi connectivity index (χ4n) is 3.83. The molecule has 0 aliphatic heterocycles. The van der Waals surface area contributed by atoms with E-state index in [1.807, 2.05) is 0 Å². The highest BCUT2D eigenvalue weighted by molar-refractivity contribution is 5.82. The van der Waals surface area contributed by atoms with Crippen LogP contribution in [0.15, 0.2) is 0 Å². The molecule has 0 saturated heterocycles. The van der Waals surface area contributed by atoms with Gasteiger partial charge in [-0.1, -0.05) is 41.5 Å². The first-order valence-corrected chi connectivity index (χ1v) is 7.72. The molecule has 0 heterocycles. The lowest BCUT2D eigenvalue weighted by Crippen LogP contribution is -2.53.